The number of tetrazole rings is 1. The summed E-state index contributed by atoms with van der Waals surface area (Å²) in [4.78, 5) is 27.0. The molecule has 0 saturated carbocycles. The van der Waals surface area contributed by atoms with Crippen LogP contribution in [0.5, 0.6) is 0 Å². The number of aromatic nitrogens is 8. The molecular weight excluding hydrogens is 362 g/mol. The standard InChI is InChI=1S/C17H13N9O2/c27-17(11-2-1-3-13(6-11)26-10-20-23-24-26)25-8-12(9-25)16-21-15(22-28-16)14-7-18-4-5-19-14/h1-7,10,12H,8-9H2. The fourth-order valence-electron chi connectivity index (χ4n) is 2.96. The van der Waals surface area contributed by atoms with Crippen LogP contribution in [0.3, 0.4) is 0 Å². The maximum absolute atomic E-state index is 12.7. The summed E-state index contributed by atoms with van der Waals surface area (Å²) >= 11 is 0. The van der Waals surface area contributed by atoms with Gasteiger partial charge < -0.3 is 9.42 Å². The Kier molecular flexibility index (Phi) is 3.82. The van der Waals surface area contributed by atoms with Crippen LogP contribution in [0.15, 0.2) is 53.7 Å². The molecule has 1 saturated heterocycles. The van der Waals surface area contributed by atoms with Crippen LogP contribution in [0, 0.1) is 0 Å². The highest BCUT2D eigenvalue weighted by Crippen LogP contribution is 2.28. The molecular formula is C17H13N9O2. The van der Waals surface area contributed by atoms with Gasteiger partial charge in [0.05, 0.1) is 17.8 Å². The zero-order chi connectivity index (χ0) is 18.9. The summed E-state index contributed by atoms with van der Waals surface area (Å²) in [5.41, 5.74) is 1.83. The van der Waals surface area contributed by atoms with Gasteiger partial charge in [0.15, 0.2) is 0 Å². The SMILES string of the molecule is O=C(c1cccc(-n2cnnn2)c1)N1CC(c2nc(-c3cnccn3)no2)C1. The van der Waals surface area contributed by atoms with Gasteiger partial charge in [-0.1, -0.05) is 11.2 Å². The molecule has 0 aliphatic carbocycles. The molecule has 4 heterocycles. The van der Waals surface area contributed by atoms with Crippen LogP contribution >= 0.6 is 0 Å². The summed E-state index contributed by atoms with van der Waals surface area (Å²) < 4.78 is 6.83. The molecule has 1 fully saturated rings. The number of carbonyl (C=O) groups excluding carboxylic acids is 1. The van der Waals surface area contributed by atoms with Crippen molar-refractivity contribution in [3.63, 3.8) is 0 Å². The van der Waals surface area contributed by atoms with Crippen molar-refractivity contribution >= 4 is 5.91 Å². The molecule has 1 aliphatic heterocycles. The van der Waals surface area contributed by atoms with Crippen molar-refractivity contribution in [3.8, 4) is 17.2 Å². The molecule has 4 aromatic rings. The van der Waals surface area contributed by atoms with E-state index in [-0.39, 0.29) is 11.8 Å². The fraction of sp³-hybridized carbons (Fsp3) is 0.176. The van der Waals surface area contributed by atoms with Crippen LogP contribution in [-0.2, 0) is 0 Å². The van der Waals surface area contributed by atoms with Gasteiger partial charge in [0.1, 0.15) is 12.0 Å². The lowest BCUT2D eigenvalue weighted by molar-refractivity contribution is 0.0569. The molecule has 5 rings (SSSR count). The van der Waals surface area contributed by atoms with E-state index in [0.29, 0.717) is 36.1 Å². The Labute approximate surface area is 158 Å². The van der Waals surface area contributed by atoms with Crippen molar-refractivity contribution < 1.29 is 9.32 Å². The van der Waals surface area contributed by atoms with Crippen LogP contribution < -0.4 is 0 Å². The van der Waals surface area contributed by atoms with E-state index in [1.807, 2.05) is 6.07 Å². The number of hydrogen-bond acceptors (Lipinski definition) is 9. The summed E-state index contributed by atoms with van der Waals surface area (Å²) in [5, 5.41) is 15.0. The van der Waals surface area contributed by atoms with Crippen LogP contribution in [0.1, 0.15) is 22.2 Å². The molecule has 28 heavy (non-hydrogen) atoms. The second kappa shape index (κ2) is 6.61. The maximum atomic E-state index is 12.7. The zero-order valence-electron chi connectivity index (χ0n) is 14.5. The number of rotatable bonds is 4. The molecule has 138 valence electrons. The summed E-state index contributed by atoms with van der Waals surface area (Å²) in [7, 11) is 0. The predicted molar refractivity (Wildman–Crippen MR) is 93.1 cm³/mol. The van der Waals surface area contributed by atoms with Crippen molar-refractivity contribution in [1.82, 2.24) is 45.2 Å². The third-order valence-electron chi connectivity index (χ3n) is 4.46. The first-order valence-corrected chi connectivity index (χ1v) is 8.50. The lowest BCUT2D eigenvalue weighted by Crippen LogP contribution is -2.48. The van der Waals surface area contributed by atoms with Gasteiger partial charge in [-0.25, -0.2) is 9.67 Å². The smallest absolute Gasteiger partial charge is 0.253 e. The molecule has 0 atom stereocenters. The molecule has 1 aliphatic rings. The van der Waals surface area contributed by atoms with E-state index in [0.717, 1.165) is 5.69 Å². The van der Waals surface area contributed by atoms with Crippen molar-refractivity contribution in [2.45, 2.75) is 5.92 Å². The second-order valence-corrected chi connectivity index (χ2v) is 6.26. The summed E-state index contributed by atoms with van der Waals surface area (Å²) in [6, 6.07) is 7.15. The van der Waals surface area contributed by atoms with Gasteiger partial charge in [0.25, 0.3) is 5.91 Å². The molecule has 0 spiro atoms. The van der Waals surface area contributed by atoms with E-state index in [1.165, 1.54) is 11.0 Å². The molecule has 1 aromatic carbocycles. The minimum Gasteiger partial charge on any atom is -0.338 e. The van der Waals surface area contributed by atoms with Crippen molar-refractivity contribution in [2.75, 3.05) is 13.1 Å². The Bertz CT molecular complexity index is 1100. The normalized spacial score (nSPS) is 14.1. The van der Waals surface area contributed by atoms with Crippen molar-refractivity contribution in [3.05, 3.63) is 60.6 Å². The molecule has 0 radical (unpaired) electrons. The highest BCUT2D eigenvalue weighted by molar-refractivity contribution is 5.95. The van der Waals surface area contributed by atoms with E-state index in [9.17, 15) is 4.79 Å². The quantitative estimate of drug-likeness (QED) is 0.507. The van der Waals surface area contributed by atoms with Crippen LogP contribution in [0.25, 0.3) is 17.2 Å². The van der Waals surface area contributed by atoms with Crippen LogP contribution in [-0.4, -0.2) is 64.2 Å². The summed E-state index contributed by atoms with van der Waals surface area (Å²) in [6.07, 6.45) is 6.20. The second-order valence-electron chi connectivity index (χ2n) is 6.26. The minimum absolute atomic E-state index is 0.00423. The number of nitrogens with zero attached hydrogens (tertiary/aromatic N) is 9. The highest BCUT2D eigenvalue weighted by atomic mass is 16.5. The average Bonchev–Trinajstić information content (AvgIpc) is 3.40. The first kappa shape index (κ1) is 16.2. The molecule has 3 aromatic heterocycles. The minimum atomic E-state index is -0.0696. The zero-order valence-corrected chi connectivity index (χ0v) is 14.5. The van der Waals surface area contributed by atoms with Gasteiger partial charge in [-0.3, -0.25) is 9.78 Å². The topological polar surface area (TPSA) is 129 Å². The molecule has 0 N–H and O–H groups in total. The van der Waals surface area contributed by atoms with E-state index >= 15 is 0 Å². The molecule has 11 heteroatoms. The lowest BCUT2D eigenvalue weighted by atomic mass is 9.98. The van der Waals surface area contributed by atoms with Gasteiger partial charge in [0.2, 0.25) is 11.7 Å². The Morgan fingerprint density at radius 2 is 2.14 bits per heavy atom. The molecule has 0 unspecified atom stereocenters. The Balaban J connectivity index is 1.27. The first-order valence-electron chi connectivity index (χ1n) is 8.50. The molecule has 11 nitrogen and oxygen atoms in total. The van der Waals surface area contributed by atoms with Gasteiger partial charge in [0, 0.05) is 31.0 Å². The number of benzene rings is 1. The van der Waals surface area contributed by atoms with E-state index < -0.39 is 0 Å². The van der Waals surface area contributed by atoms with E-state index in [2.05, 4.69) is 35.6 Å². The van der Waals surface area contributed by atoms with Gasteiger partial charge in [-0.05, 0) is 28.6 Å². The van der Waals surface area contributed by atoms with Gasteiger partial charge in [-0.15, -0.1) is 5.10 Å². The third-order valence-corrected chi connectivity index (χ3v) is 4.46. The predicted octanol–water partition coefficient (Wildman–Crippen LogP) is 0.742. The third kappa shape index (κ3) is 2.88. The number of likely N-dealkylation sites (tertiary alicyclic amines) is 1. The molecule has 0 bridgehead atoms. The summed E-state index contributed by atoms with van der Waals surface area (Å²) in [6.45, 7) is 1.02. The lowest BCUT2D eigenvalue weighted by Gasteiger charge is -2.37. The fourth-order valence-corrected chi connectivity index (χ4v) is 2.96. The Morgan fingerprint density at radius 1 is 1.21 bits per heavy atom. The Morgan fingerprint density at radius 3 is 2.93 bits per heavy atom. The highest BCUT2D eigenvalue weighted by Gasteiger charge is 2.36. The van der Waals surface area contributed by atoms with Gasteiger partial charge in [-0.2, -0.15) is 4.98 Å². The van der Waals surface area contributed by atoms with Crippen molar-refractivity contribution in [2.24, 2.45) is 0 Å². The number of amides is 1. The maximum Gasteiger partial charge on any atom is 0.253 e. The van der Waals surface area contributed by atoms with Crippen LogP contribution in [0.4, 0.5) is 0 Å². The monoisotopic (exact) mass is 375 g/mol. The number of carbonyl (C=O) groups is 1. The summed E-state index contributed by atoms with van der Waals surface area (Å²) in [5.74, 6) is 0.818. The first-order chi connectivity index (χ1) is 13.8. The average molecular weight is 375 g/mol. The van der Waals surface area contributed by atoms with E-state index in [1.54, 1.807) is 41.7 Å². The van der Waals surface area contributed by atoms with Gasteiger partial charge >= 0.3 is 0 Å². The molecule has 1 amide bonds. The number of hydrogen-bond donors (Lipinski definition) is 0. The Hall–Kier alpha value is -4.02. The van der Waals surface area contributed by atoms with Crippen molar-refractivity contribution in [1.29, 1.82) is 0 Å². The van der Waals surface area contributed by atoms with Crippen LogP contribution in [0.2, 0.25) is 0 Å². The largest absolute Gasteiger partial charge is 0.338 e. The van der Waals surface area contributed by atoms with E-state index in [4.69, 9.17) is 4.52 Å².